The van der Waals surface area contributed by atoms with E-state index in [9.17, 15) is 8.78 Å². The maximum absolute atomic E-state index is 13.5. The summed E-state index contributed by atoms with van der Waals surface area (Å²) in [6, 6.07) is 0. The van der Waals surface area contributed by atoms with Gasteiger partial charge in [0, 0.05) is 39.6 Å². The minimum atomic E-state index is -2.74. The van der Waals surface area contributed by atoms with Crippen molar-refractivity contribution in [2.45, 2.75) is 40.0 Å². The molecule has 0 unspecified atom stereocenters. The molecule has 116 valence electrons. The highest BCUT2D eigenvalue weighted by Crippen LogP contribution is 2.26. The minimum Gasteiger partial charge on any atom is -0.301 e. The first-order valence-corrected chi connectivity index (χ1v) is 7.57. The van der Waals surface area contributed by atoms with Gasteiger partial charge in [0.1, 0.15) is 0 Å². The van der Waals surface area contributed by atoms with E-state index in [2.05, 4.69) is 16.7 Å². The molecule has 2 nitrogen and oxygen atoms in total. The van der Waals surface area contributed by atoms with Crippen LogP contribution in [0.4, 0.5) is 8.78 Å². The predicted molar refractivity (Wildman–Crippen MR) is 81.3 cm³/mol. The molecule has 4 heteroatoms. The first-order valence-electron chi connectivity index (χ1n) is 7.57. The summed E-state index contributed by atoms with van der Waals surface area (Å²) in [6.45, 7) is 12.4. The van der Waals surface area contributed by atoms with Gasteiger partial charge in [0.25, 0.3) is 5.92 Å². The van der Waals surface area contributed by atoms with Crippen LogP contribution in [0.25, 0.3) is 0 Å². The molecule has 0 aromatic heterocycles. The highest BCUT2D eigenvalue weighted by atomic mass is 19.3. The van der Waals surface area contributed by atoms with E-state index >= 15 is 0 Å². The summed E-state index contributed by atoms with van der Waals surface area (Å²) in [4.78, 5) is 4.67. The second-order valence-electron chi connectivity index (χ2n) is 5.56. The molecule has 20 heavy (non-hydrogen) atoms. The van der Waals surface area contributed by atoms with Crippen molar-refractivity contribution >= 4 is 0 Å². The van der Waals surface area contributed by atoms with Crippen molar-refractivity contribution in [2.75, 3.05) is 39.3 Å². The lowest BCUT2D eigenvalue weighted by molar-refractivity contribution is 0.0615. The van der Waals surface area contributed by atoms with Crippen molar-refractivity contribution < 1.29 is 8.78 Å². The van der Waals surface area contributed by atoms with Crippen LogP contribution < -0.4 is 0 Å². The molecule has 1 heterocycles. The van der Waals surface area contributed by atoms with E-state index in [0.717, 1.165) is 51.6 Å². The smallest absolute Gasteiger partial charge is 0.266 e. The van der Waals surface area contributed by atoms with E-state index in [0.29, 0.717) is 6.54 Å². The third-order valence-corrected chi connectivity index (χ3v) is 4.00. The lowest BCUT2D eigenvalue weighted by Crippen LogP contribution is -2.46. The van der Waals surface area contributed by atoms with E-state index in [1.54, 1.807) is 6.92 Å². The summed E-state index contributed by atoms with van der Waals surface area (Å²) < 4.78 is 27.1. The van der Waals surface area contributed by atoms with Gasteiger partial charge >= 0.3 is 0 Å². The molecule has 0 N–H and O–H groups in total. The second kappa shape index (κ2) is 7.89. The van der Waals surface area contributed by atoms with Crippen molar-refractivity contribution in [2.24, 2.45) is 0 Å². The Bertz CT molecular complexity index is 348. The number of likely N-dealkylation sites (N-methyl/N-ethyl adjacent to an activating group) is 1. The molecule has 1 fully saturated rings. The van der Waals surface area contributed by atoms with Gasteiger partial charge in [0.05, 0.1) is 0 Å². The van der Waals surface area contributed by atoms with Crippen LogP contribution >= 0.6 is 0 Å². The summed E-state index contributed by atoms with van der Waals surface area (Å²) in [5.41, 5.74) is 0.962. The number of piperazine rings is 1. The lowest BCUT2D eigenvalue weighted by atomic mass is 10.0. The van der Waals surface area contributed by atoms with Gasteiger partial charge in [0.2, 0.25) is 0 Å². The largest absolute Gasteiger partial charge is 0.301 e. The molecule has 1 rings (SSSR count). The van der Waals surface area contributed by atoms with Gasteiger partial charge in [-0.2, -0.15) is 0 Å². The topological polar surface area (TPSA) is 6.48 Å². The molecule has 0 spiro atoms. The summed E-state index contributed by atoms with van der Waals surface area (Å²) in [5.74, 6) is -2.74. The first-order chi connectivity index (χ1) is 9.38. The van der Waals surface area contributed by atoms with Gasteiger partial charge in [-0.25, -0.2) is 8.78 Å². The van der Waals surface area contributed by atoms with E-state index in [1.165, 1.54) is 0 Å². The van der Waals surface area contributed by atoms with Gasteiger partial charge in [-0.1, -0.05) is 26.0 Å². The Hall–Kier alpha value is -0.740. The van der Waals surface area contributed by atoms with E-state index < -0.39 is 5.92 Å². The Labute approximate surface area is 122 Å². The Morgan fingerprint density at radius 3 is 2.10 bits per heavy atom. The maximum Gasteiger partial charge on any atom is 0.266 e. The van der Waals surface area contributed by atoms with Crippen LogP contribution in [0.5, 0.6) is 0 Å². The van der Waals surface area contributed by atoms with Gasteiger partial charge in [0.15, 0.2) is 0 Å². The zero-order valence-corrected chi connectivity index (χ0v) is 13.3. The Morgan fingerprint density at radius 1 is 1.10 bits per heavy atom. The molecule has 1 aliphatic rings. The molecule has 0 aliphatic carbocycles. The fraction of sp³-hybridized carbons (Fsp3) is 0.750. The van der Waals surface area contributed by atoms with Crippen molar-refractivity contribution in [1.29, 1.82) is 0 Å². The average molecular weight is 286 g/mol. The fourth-order valence-corrected chi connectivity index (χ4v) is 2.34. The number of rotatable bonds is 6. The van der Waals surface area contributed by atoms with Crippen LogP contribution in [0.2, 0.25) is 0 Å². The number of hydrogen-bond acceptors (Lipinski definition) is 2. The molecule has 0 bridgehead atoms. The highest BCUT2D eigenvalue weighted by Gasteiger charge is 2.27. The molecule has 1 aliphatic heterocycles. The van der Waals surface area contributed by atoms with Gasteiger partial charge in [-0.05, 0) is 31.0 Å². The van der Waals surface area contributed by atoms with Crippen molar-refractivity contribution in [3.63, 3.8) is 0 Å². The standard InChI is InChI=1S/C16H28F2N2/c1-5-7-8-15(14(3)16(4,17)18)13-20-11-9-19(6-2)10-12-20/h7-8H,5-6,9-13H2,1-4H3. The van der Waals surface area contributed by atoms with Crippen molar-refractivity contribution in [3.8, 4) is 0 Å². The Morgan fingerprint density at radius 2 is 1.65 bits per heavy atom. The summed E-state index contributed by atoms with van der Waals surface area (Å²) >= 11 is 0. The monoisotopic (exact) mass is 286 g/mol. The van der Waals surface area contributed by atoms with Crippen LogP contribution in [0.3, 0.4) is 0 Å². The summed E-state index contributed by atoms with van der Waals surface area (Å²) in [7, 11) is 0. The van der Waals surface area contributed by atoms with Crippen molar-refractivity contribution in [1.82, 2.24) is 9.80 Å². The molecule has 0 saturated carbocycles. The van der Waals surface area contributed by atoms with Crippen molar-refractivity contribution in [3.05, 3.63) is 23.3 Å². The third-order valence-electron chi connectivity index (χ3n) is 4.00. The molecular formula is C16H28F2N2. The van der Waals surface area contributed by atoms with E-state index in [4.69, 9.17) is 0 Å². The molecule has 0 aromatic carbocycles. The number of halogens is 2. The van der Waals surface area contributed by atoms with Crippen LogP contribution in [0, 0.1) is 0 Å². The Kier molecular flexibility index (Phi) is 6.83. The fourth-order valence-electron chi connectivity index (χ4n) is 2.34. The highest BCUT2D eigenvalue weighted by molar-refractivity contribution is 5.30. The van der Waals surface area contributed by atoms with Crippen LogP contribution in [0.15, 0.2) is 23.3 Å². The summed E-state index contributed by atoms with van der Waals surface area (Å²) in [5, 5.41) is 0. The summed E-state index contributed by atoms with van der Waals surface area (Å²) in [6.07, 6.45) is 4.71. The van der Waals surface area contributed by atoms with Crippen LogP contribution in [0.1, 0.15) is 34.1 Å². The normalized spacial score (nSPS) is 20.5. The van der Waals surface area contributed by atoms with E-state index in [1.807, 2.05) is 19.1 Å². The zero-order chi connectivity index (χ0) is 15.2. The van der Waals surface area contributed by atoms with Gasteiger partial charge < -0.3 is 4.90 Å². The average Bonchev–Trinajstić information content (AvgIpc) is 2.42. The minimum absolute atomic E-state index is 0.195. The lowest BCUT2D eigenvalue weighted by Gasteiger charge is -2.34. The molecule has 0 aromatic rings. The molecule has 1 saturated heterocycles. The Balaban J connectivity index is 2.74. The van der Waals surface area contributed by atoms with Gasteiger partial charge in [-0.3, -0.25) is 4.90 Å². The molecule has 0 amide bonds. The van der Waals surface area contributed by atoms with Crippen LogP contribution in [-0.4, -0.2) is 55.0 Å². The number of allylic oxidation sites excluding steroid dienone is 2. The second-order valence-corrected chi connectivity index (χ2v) is 5.56. The van der Waals surface area contributed by atoms with Crippen LogP contribution in [-0.2, 0) is 0 Å². The number of hydrogen-bond donors (Lipinski definition) is 0. The quantitative estimate of drug-likeness (QED) is 0.689. The third kappa shape index (κ3) is 5.33. The first kappa shape index (κ1) is 17.3. The predicted octanol–water partition coefficient (Wildman–Crippen LogP) is 3.56. The number of alkyl halides is 2. The maximum atomic E-state index is 13.5. The zero-order valence-electron chi connectivity index (χ0n) is 13.3. The SMILES string of the molecule is CCC=CC(CN1CCN(CC)CC1)=C(C)C(C)(F)F. The number of nitrogens with zero attached hydrogens (tertiary/aromatic N) is 2. The molecular weight excluding hydrogens is 258 g/mol. The van der Waals surface area contributed by atoms with Gasteiger partial charge in [-0.15, -0.1) is 0 Å². The van der Waals surface area contributed by atoms with E-state index in [-0.39, 0.29) is 5.57 Å². The molecule has 0 atom stereocenters. The molecule has 0 radical (unpaired) electrons.